The summed E-state index contributed by atoms with van der Waals surface area (Å²) in [5.41, 5.74) is 0. The van der Waals surface area contributed by atoms with Crippen LogP contribution in [0.15, 0.2) is 18.2 Å². The standard InChI is InChI=1S/C13H18O3/c1-9(2)16-12-5-3-4-11(13(12)14)15-8-10-6-7-10/h3-5,9-10,14H,6-8H2,1-2H3. The monoisotopic (exact) mass is 222 g/mol. The lowest BCUT2D eigenvalue weighted by atomic mass is 10.3. The first-order valence-corrected chi connectivity index (χ1v) is 5.78. The number of phenols is 1. The number of phenolic OH excluding ortho intramolecular Hbond substituents is 1. The molecule has 1 aromatic rings. The van der Waals surface area contributed by atoms with Crippen LogP contribution in [0.4, 0.5) is 0 Å². The molecule has 16 heavy (non-hydrogen) atoms. The van der Waals surface area contributed by atoms with E-state index in [4.69, 9.17) is 9.47 Å². The van der Waals surface area contributed by atoms with Gasteiger partial charge in [-0.2, -0.15) is 0 Å². The zero-order valence-electron chi connectivity index (χ0n) is 9.77. The van der Waals surface area contributed by atoms with Gasteiger partial charge in [-0.25, -0.2) is 0 Å². The second kappa shape index (κ2) is 4.64. The molecular formula is C13H18O3. The smallest absolute Gasteiger partial charge is 0.200 e. The van der Waals surface area contributed by atoms with Crippen LogP contribution in [0, 0.1) is 5.92 Å². The Bertz CT molecular complexity index is 356. The normalized spacial score (nSPS) is 15.2. The molecule has 0 unspecified atom stereocenters. The lowest BCUT2D eigenvalue weighted by molar-refractivity contribution is 0.224. The molecule has 0 radical (unpaired) electrons. The summed E-state index contributed by atoms with van der Waals surface area (Å²) in [6.07, 6.45) is 2.52. The Labute approximate surface area is 96.0 Å². The summed E-state index contributed by atoms with van der Waals surface area (Å²) >= 11 is 0. The average Bonchev–Trinajstić information content (AvgIpc) is 3.02. The molecule has 0 heterocycles. The second-order valence-corrected chi connectivity index (χ2v) is 4.52. The Morgan fingerprint density at radius 2 is 2.00 bits per heavy atom. The summed E-state index contributed by atoms with van der Waals surface area (Å²) in [7, 11) is 0. The van der Waals surface area contributed by atoms with Crippen molar-refractivity contribution in [2.75, 3.05) is 6.61 Å². The highest BCUT2D eigenvalue weighted by molar-refractivity contribution is 5.49. The van der Waals surface area contributed by atoms with E-state index < -0.39 is 0 Å². The second-order valence-electron chi connectivity index (χ2n) is 4.52. The van der Waals surface area contributed by atoms with Crippen molar-refractivity contribution < 1.29 is 14.6 Å². The Kier molecular flexibility index (Phi) is 3.22. The molecule has 88 valence electrons. The van der Waals surface area contributed by atoms with Crippen LogP contribution >= 0.6 is 0 Å². The van der Waals surface area contributed by atoms with Crippen LogP contribution in [-0.2, 0) is 0 Å². The summed E-state index contributed by atoms with van der Waals surface area (Å²) in [6.45, 7) is 4.55. The van der Waals surface area contributed by atoms with Crippen LogP contribution in [0.3, 0.4) is 0 Å². The molecule has 1 aromatic carbocycles. The number of rotatable bonds is 5. The highest BCUT2D eigenvalue weighted by Gasteiger charge is 2.22. The van der Waals surface area contributed by atoms with Gasteiger partial charge in [0.1, 0.15) is 0 Å². The molecule has 0 saturated heterocycles. The third kappa shape index (κ3) is 2.81. The Morgan fingerprint density at radius 3 is 2.62 bits per heavy atom. The minimum Gasteiger partial charge on any atom is -0.502 e. The fourth-order valence-corrected chi connectivity index (χ4v) is 1.46. The maximum atomic E-state index is 9.92. The SMILES string of the molecule is CC(C)Oc1cccc(OCC2CC2)c1O. The summed E-state index contributed by atoms with van der Waals surface area (Å²) < 4.78 is 11.0. The van der Waals surface area contributed by atoms with Crippen molar-refractivity contribution in [3.8, 4) is 17.2 Å². The zero-order chi connectivity index (χ0) is 11.5. The van der Waals surface area contributed by atoms with Crippen molar-refractivity contribution in [1.29, 1.82) is 0 Å². The number of benzene rings is 1. The predicted octanol–water partition coefficient (Wildman–Crippen LogP) is 2.97. The van der Waals surface area contributed by atoms with Gasteiger partial charge in [0.05, 0.1) is 12.7 Å². The van der Waals surface area contributed by atoms with Gasteiger partial charge in [0.15, 0.2) is 11.5 Å². The van der Waals surface area contributed by atoms with Gasteiger partial charge in [0.2, 0.25) is 5.75 Å². The molecular weight excluding hydrogens is 204 g/mol. The first-order valence-electron chi connectivity index (χ1n) is 5.78. The van der Waals surface area contributed by atoms with Gasteiger partial charge in [-0.05, 0) is 44.7 Å². The van der Waals surface area contributed by atoms with E-state index in [1.165, 1.54) is 12.8 Å². The van der Waals surface area contributed by atoms with Crippen LogP contribution < -0.4 is 9.47 Å². The van der Waals surface area contributed by atoms with Crippen molar-refractivity contribution in [2.45, 2.75) is 32.8 Å². The fourth-order valence-electron chi connectivity index (χ4n) is 1.46. The number of hydrogen-bond acceptors (Lipinski definition) is 3. The van der Waals surface area contributed by atoms with E-state index in [0.717, 1.165) is 0 Å². The molecule has 1 N–H and O–H groups in total. The molecule has 1 saturated carbocycles. The van der Waals surface area contributed by atoms with Crippen LogP contribution in [0.25, 0.3) is 0 Å². The molecule has 0 atom stereocenters. The van der Waals surface area contributed by atoms with Crippen molar-refractivity contribution in [2.24, 2.45) is 5.92 Å². The third-order valence-electron chi connectivity index (χ3n) is 2.50. The van der Waals surface area contributed by atoms with E-state index >= 15 is 0 Å². The van der Waals surface area contributed by atoms with E-state index in [2.05, 4.69) is 0 Å². The van der Waals surface area contributed by atoms with Crippen molar-refractivity contribution in [3.63, 3.8) is 0 Å². The highest BCUT2D eigenvalue weighted by Crippen LogP contribution is 2.38. The maximum absolute atomic E-state index is 9.92. The van der Waals surface area contributed by atoms with Gasteiger partial charge in [0, 0.05) is 0 Å². The van der Waals surface area contributed by atoms with Crippen LogP contribution in [-0.4, -0.2) is 17.8 Å². The van der Waals surface area contributed by atoms with Crippen molar-refractivity contribution in [3.05, 3.63) is 18.2 Å². The van der Waals surface area contributed by atoms with Gasteiger partial charge < -0.3 is 14.6 Å². The van der Waals surface area contributed by atoms with Crippen LogP contribution in [0.2, 0.25) is 0 Å². The molecule has 0 aromatic heterocycles. The van der Waals surface area contributed by atoms with E-state index in [-0.39, 0.29) is 11.9 Å². The molecule has 2 rings (SSSR count). The average molecular weight is 222 g/mol. The van der Waals surface area contributed by atoms with E-state index in [9.17, 15) is 5.11 Å². The molecule has 0 aliphatic heterocycles. The zero-order valence-corrected chi connectivity index (χ0v) is 9.77. The van der Waals surface area contributed by atoms with Gasteiger partial charge in [-0.1, -0.05) is 6.07 Å². The molecule has 0 bridgehead atoms. The van der Waals surface area contributed by atoms with Gasteiger partial charge in [-0.15, -0.1) is 0 Å². The van der Waals surface area contributed by atoms with Gasteiger partial charge in [-0.3, -0.25) is 0 Å². The summed E-state index contributed by atoms with van der Waals surface area (Å²) in [5, 5.41) is 9.92. The first kappa shape index (κ1) is 11.1. The molecule has 1 aliphatic rings. The van der Waals surface area contributed by atoms with Crippen molar-refractivity contribution >= 4 is 0 Å². The molecule has 3 nitrogen and oxygen atoms in total. The molecule has 3 heteroatoms. The Morgan fingerprint density at radius 1 is 1.31 bits per heavy atom. The first-order chi connectivity index (χ1) is 7.66. The summed E-state index contributed by atoms with van der Waals surface area (Å²) in [4.78, 5) is 0. The number of aromatic hydroxyl groups is 1. The number of ether oxygens (including phenoxy) is 2. The minimum atomic E-state index is 0.0459. The van der Waals surface area contributed by atoms with Crippen LogP contribution in [0.5, 0.6) is 17.2 Å². The summed E-state index contributed by atoms with van der Waals surface area (Å²) in [6, 6.07) is 5.35. The fraction of sp³-hybridized carbons (Fsp3) is 0.538. The van der Waals surface area contributed by atoms with E-state index in [0.29, 0.717) is 24.0 Å². The van der Waals surface area contributed by atoms with Crippen molar-refractivity contribution in [1.82, 2.24) is 0 Å². The minimum absolute atomic E-state index is 0.0459. The molecule has 0 amide bonds. The van der Waals surface area contributed by atoms with Crippen LogP contribution in [0.1, 0.15) is 26.7 Å². The lowest BCUT2D eigenvalue weighted by Gasteiger charge is -2.14. The third-order valence-corrected chi connectivity index (χ3v) is 2.50. The highest BCUT2D eigenvalue weighted by atomic mass is 16.5. The van der Waals surface area contributed by atoms with Gasteiger partial charge >= 0.3 is 0 Å². The predicted molar refractivity (Wildman–Crippen MR) is 62.1 cm³/mol. The quantitative estimate of drug-likeness (QED) is 0.832. The Hall–Kier alpha value is -1.38. The Balaban J connectivity index is 2.05. The van der Waals surface area contributed by atoms with E-state index in [1.54, 1.807) is 12.1 Å². The molecule has 1 fully saturated rings. The van der Waals surface area contributed by atoms with E-state index in [1.807, 2.05) is 19.9 Å². The summed E-state index contributed by atoms with van der Waals surface area (Å²) in [5.74, 6) is 1.79. The number of hydrogen-bond donors (Lipinski definition) is 1. The van der Waals surface area contributed by atoms with Gasteiger partial charge in [0.25, 0.3) is 0 Å². The molecule has 0 spiro atoms. The topological polar surface area (TPSA) is 38.7 Å². The number of para-hydroxylation sites is 1. The lowest BCUT2D eigenvalue weighted by Crippen LogP contribution is -2.06. The maximum Gasteiger partial charge on any atom is 0.200 e. The molecule has 1 aliphatic carbocycles. The largest absolute Gasteiger partial charge is 0.502 e.